The number of aliphatic hydroxyl groups is 1. The molecule has 0 fully saturated rings. The van der Waals surface area contributed by atoms with E-state index in [-0.39, 0.29) is 0 Å². The minimum atomic E-state index is -0.711. The van der Waals surface area contributed by atoms with Crippen molar-refractivity contribution in [3.8, 4) is 5.75 Å². The Morgan fingerprint density at radius 2 is 2.00 bits per heavy atom. The lowest BCUT2D eigenvalue weighted by Crippen LogP contribution is -2.11. The van der Waals surface area contributed by atoms with Gasteiger partial charge in [-0.1, -0.05) is 32.0 Å². The number of aliphatic hydroxyl groups excluding tert-OH is 1. The molecule has 0 aliphatic rings. The Balaban J connectivity index is 2.28. The molecule has 4 nitrogen and oxygen atoms in total. The number of aromatic nitrogens is 2. The van der Waals surface area contributed by atoms with E-state index in [9.17, 15) is 5.11 Å². The van der Waals surface area contributed by atoms with Crippen molar-refractivity contribution in [3.63, 3.8) is 0 Å². The van der Waals surface area contributed by atoms with Crippen molar-refractivity contribution < 1.29 is 9.84 Å². The zero-order valence-electron chi connectivity index (χ0n) is 12.1. The molecule has 1 N–H and O–H groups in total. The maximum absolute atomic E-state index is 10.6. The Bertz CT molecular complexity index is 537. The van der Waals surface area contributed by atoms with E-state index in [2.05, 4.69) is 18.9 Å². The fourth-order valence-electron chi connectivity index (χ4n) is 2.18. The van der Waals surface area contributed by atoms with Crippen LogP contribution in [-0.4, -0.2) is 21.5 Å². The smallest absolute Gasteiger partial charge is 0.125 e. The summed E-state index contributed by atoms with van der Waals surface area (Å²) in [5.74, 6) is 0.742. The van der Waals surface area contributed by atoms with Crippen molar-refractivity contribution in [3.05, 3.63) is 47.8 Å². The van der Waals surface area contributed by atoms with Gasteiger partial charge in [0.05, 0.1) is 12.3 Å². The molecule has 0 amide bonds. The third kappa shape index (κ3) is 3.20. The fraction of sp³-hybridized carbons (Fsp3) is 0.438. The number of nitrogens with zero attached hydrogens (tertiary/aromatic N) is 2. The Morgan fingerprint density at radius 1 is 1.20 bits per heavy atom. The molecule has 108 valence electrons. The summed E-state index contributed by atoms with van der Waals surface area (Å²) in [6.45, 7) is 5.61. The van der Waals surface area contributed by atoms with Crippen molar-refractivity contribution in [2.45, 2.75) is 39.3 Å². The molecular weight excluding hydrogens is 252 g/mol. The molecule has 1 unspecified atom stereocenters. The summed E-state index contributed by atoms with van der Waals surface area (Å²) in [5, 5.41) is 14.9. The van der Waals surface area contributed by atoms with E-state index < -0.39 is 6.10 Å². The maximum atomic E-state index is 10.6. The first-order valence-electron chi connectivity index (χ1n) is 7.19. The highest BCUT2D eigenvalue weighted by Gasteiger charge is 2.18. The first-order chi connectivity index (χ1) is 9.77. The van der Waals surface area contributed by atoms with Gasteiger partial charge in [-0.05, 0) is 25.0 Å². The first-order valence-corrected chi connectivity index (χ1v) is 7.19. The molecule has 0 radical (unpaired) electrons. The number of ether oxygens (including phenoxy) is 1. The van der Waals surface area contributed by atoms with E-state index in [4.69, 9.17) is 4.74 Å². The normalized spacial score (nSPS) is 12.3. The summed E-state index contributed by atoms with van der Waals surface area (Å²) in [5.41, 5.74) is 1.60. The van der Waals surface area contributed by atoms with E-state index in [0.29, 0.717) is 6.61 Å². The minimum absolute atomic E-state index is 0.651. The van der Waals surface area contributed by atoms with Gasteiger partial charge >= 0.3 is 0 Å². The molecule has 0 saturated carbocycles. The van der Waals surface area contributed by atoms with E-state index in [0.717, 1.165) is 36.4 Å². The van der Waals surface area contributed by atoms with Crippen LogP contribution in [0.1, 0.15) is 44.1 Å². The SMILES string of the molecule is CCCOc1ccccc1C(O)c1ccnn1CCC. The average molecular weight is 274 g/mol. The lowest BCUT2D eigenvalue weighted by atomic mass is 10.1. The number of hydrogen-bond acceptors (Lipinski definition) is 3. The van der Waals surface area contributed by atoms with Gasteiger partial charge in [0.1, 0.15) is 11.9 Å². The zero-order valence-corrected chi connectivity index (χ0v) is 12.1. The summed E-state index contributed by atoms with van der Waals surface area (Å²) in [4.78, 5) is 0. The van der Waals surface area contributed by atoms with Gasteiger partial charge in [0, 0.05) is 18.3 Å². The van der Waals surface area contributed by atoms with Crippen LogP contribution in [0.3, 0.4) is 0 Å². The first kappa shape index (κ1) is 14.6. The second kappa shape index (κ2) is 7.10. The predicted octanol–water partition coefficient (Wildman–Crippen LogP) is 3.16. The van der Waals surface area contributed by atoms with Crippen molar-refractivity contribution in [1.82, 2.24) is 9.78 Å². The lowest BCUT2D eigenvalue weighted by molar-refractivity contribution is 0.199. The minimum Gasteiger partial charge on any atom is -0.493 e. The highest BCUT2D eigenvalue weighted by molar-refractivity contribution is 5.38. The summed E-state index contributed by atoms with van der Waals surface area (Å²) in [6, 6.07) is 9.49. The fourth-order valence-corrected chi connectivity index (χ4v) is 2.18. The van der Waals surface area contributed by atoms with Crippen LogP contribution in [0.25, 0.3) is 0 Å². The molecule has 4 heteroatoms. The Hall–Kier alpha value is -1.81. The second-order valence-electron chi connectivity index (χ2n) is 4.77. The van der Waals surface area contributed by atoms with Crippen molar-refractivity contribution in [2.75, 3.05) is 6.61 Å². The molecule has 2 rings (SSSR count). The van der Waals surface area contributed by atoms with Gasteiger partial charge in [-0.15, -0.1) is 0 Å². The van der Waals surface area contributed by atoms with Gasteiger partial charge in [-0.3, -0.25) is 4.68 Å². The van der Waals surface area contributed by atoms with Crippen LogP contribution < -0.4 is 4.74 Å². The van der Waals surface area contributed by atoms with Crippen LogP contribution in [0, 0.1) is 0 Å². The van der Waals surface area contributed by atoms with Gasteiger partial charge in [-0.25, -0.2) is 0 Å². The van der Waals surface area contributed by atoms with Gasteiger partial charge in [0.25, 0.3) is 0 Å². The quantitative estimate of drug-likeness (QED) is 0.843. The van der Waals surface area contributed by atoms with Crippen molar-refractivity contribution in [1.29, 1.82) is 0 Å². The summed E-state index contributed by atoms with van der Waals surface area (Å²) < 4.78 is 7.56. The van der Waals surface area contributed by atoms with Gasteiger partial charge < -0.3 is 9.84 Å². The van der Waals surface area contributed by atoms with Gasteiger partial charge in [0.2, 0.25) is 0 Å². The van der Waals surface area contributed by atoms with Crippen LogP contribution in [0.5, 0.6) is 5.75 Å². The molecule has 1 aromatic heterocycles. The molecule has 0 aliphatic carbocycles. The van der Waals surface area contributed by atoms with E-state index in [1.54, 1.807) is 6.20 Å². The average Bonchev–Trinajstić information content (AvgIpc) is 2.93. The van der Waals surface area contributed by atoms with Gasteiger partial charge in [-0.2, -0.15) is 5.10 Å². The highest BCUT2D eigenvalue weighted by Crippen LogP contribution is 2.29. The summed E-state index contributed by atoms with van der Waals surface area (Å²) in [6.07, 6.45) is 2.94. The number of para-hydroxylation sites is 1. The van der Waals surface area contributed by atoms with Crippen molar-refractivity contribution in [2.24, 2.45) is 0 Å². The molecule has 1 heterocycles. The van der Waals surface area contributed by atoms with Crippen LogP contribution in [0.15, 0.2) is 36.5 Å². The topological polar surface area (TPSA) is 47.3 Å². The van der Waals surface area contributed by atoms with Crippen molar-refractivity contribution >= 4 is 0 Å². The van der Waals surface area contributed by atoms with E-state index >= 15 is 0 Å². The molecule has 0 bridgehead atoms. The second-order valence-corrected chi connectivity index (χ2v) is 4.77. The Kier molecular flexibility index (Phi) is 5.18. The zero-order chi connectivity index (χ0) is 14.4. The van der Waals surface area contributed by atoms with E-state index in [1.165, 1.54) is 0 Å². The van der Waals surface area contributed by atoms with Crippen LogP contribution in [0.4, 0.5) is 0 Å². The molecule has 0 spiro atoms. The predicted molar refractivity (Wildman–Crippen MR) is 78.8 cm³/mol. The molecule has 1 atom stereocenters. The van der Waals surface area contributed by atoms with Crippen LogP contribution in [0.2, 0.25) is 0 Å². The number of rotatable bonds is 7. The summed E-state index contributed by atoms with van der Waals surface area (Å²) >= 11 is 0. The van der Waals surface area contributed by atoms with E-state index in [1.807, 2.05) is 35.0 Å². The highest BCUT2D eigenvalue weighted by atomic mass is 16.5. The third-order valence-corrected chi connectivity index (χ3v) is 3.14. The monoisotopic (exact) mass is 274 g/mol. The van der Waals surface area contributed by atoms with Crippen LogP contribution in [-0.2, 0) is 6.54 Å². The lowest BCUT2D eigenvalue weighted by Gasteiger charge is -2.17. The molecule has 1 aromatic carbocycles. The Labute approximate surface area is 120 Å². The molecule has 2 aromatic rings. The maximum Gasteiger partial charge on any atom is 0.125 e. The number of hydrogen-bond donors (Lipinski definition) is 1. The molecule has 0 saturated heterocycles. The molecule has 20 heavy (non-hydrogen) atoms. The van der Waals surface area contributed by atoms with Crippen LogP contribution >= 0.6 is 0 Å². The molecular formula is C16H22N2O2. The Morgan fingerprint density at radius 3 is 2.75 bits per heavy atom. The standard InChI is InChI=1S/C16H22N2O2/c1-3-11-18-14(9-10-17-18)16(19)13-7-5-6-8-15(13)20-12-4-2/h5-10,16,19H,3-4,11-12H2,1-2H3. The third-order valence-electron chi connectivity index (χ3n) is 3.14. The number of aryl methyl sites for hydroxylation is 1. The largest absolute Gasteiger partial charge is 0.493 e. The van der Waals surface area contributed by atoms with Gasteiger partial charge in [0.15, 0.2) is 0 Å². The molecule has 0 aliphatic heterocycles. The number of benzene rings is 1. The summed E-state index contributed by atoms with van der Waals surface area (Å²) in [7, 11) is 0.